The number of carbonyl (C=O) groups is 2. The fraction of sp³-hybridized carbons (Fsp3) is 0.391. The molecule has 0 heterocycles. The van der Waals surface area contributed by atoms with Gasteiger partial charge < -0.3 is 0 Å². The van der Waals surface area contributed by atoms with Crippen molar-refractivity contribution in [3.05, 3.63) is 59.7 Å². The second-order valence-corrected chi connectivity index (χ2v) is 7.12. The molecule has 2 heteroatoms. The van der Waals surface area contributed by atoms with Crippen molar-refractivity contribution in [2.75, 3.05) is 0 Å². The van der Waals surface area contributed by atoms with E-state index in [1.54, 1.807) is 6.92 Å². The first-order valence-electron chi connectivity index (χ1n) is 9.32. The van der Waals surface area contributed by atoms with Gasteiger partial charge in [-0.3, -0.25) is 9.59 Å². The highest BCUT2D eigenvalue weighted by Crippen LogP contribution is 2.37. The van der Waals surface area contributed by atoms with E-state index in [4.69, 9.17) is 0 Å². The number of hydrogen-bond acceptors (Lipinski definition) is 2. The first-order chi connectivity index (χ1) is 12.1. The van der Waals surface area contributed by atoms with Gasteiger partial charge in [0.05, 0.1) is 0 Å². The maximum absolute atomic E-state index is 11.9. The standard InChI is InChI=1S/C23H26O2/c1-3-23(25)22-14-12-21(13-15-22)20-10-8-19(9-11-20)18-6-4-17(5-7-18)16(2)24/h4-11,21-22H,3,12-15H2,1-2H3. The van der Waals surface area contributed by atoms with Crippen molar-refractivity contribution in [2.45, 2.75) is 51.9 Å². The molecule has 0 radical (unpaired) electrons. The highest BCUT2D eigenvalue weighted by molar-refractivity contribution is 5.94. The lowest BCUT2D eigenvalue weighted by Gasteiger charge is -2.28. The zero-order valence-corrected chi connectivity index (χ0v) is 15.1. The quantitative estimate of drug-likeness (QED) is 0.647. The molecule has 130 valence electrons. The molecule has 1 aliphatic rings. The van der Waals surface area contributed by atoms with Crippen molar-refractivity contribution in [1.82, 2.24) is 0 Å². The Bertz CT molecular complexity index is 733. The Labute approximate surface area is 150 Å². The van der Waals surface area contributed by atoms with Crippen LogP contribution in [0.3, 0.4) is 0 Å². The summed E-state index contributed by atoms with van der Waals surface area (Å²) in [6, 6.07) is 16.6. The van der Waals surface area contributed by atoms with E-state index < -0.39 is 0 Å². The molecule has 0 aromatic heterocycles. The third kappa shape index (κ3) is 4.07. The van der Waals surface area contributed by atoms with Gasteiger partial charge in [-0.25, -0.2) is 0 Å². The molecular weight excluding hydrogens is 308 g/mol. The van der Waals surface area contributed by atoms with E-state index >= 15 is 0 Å². The Hall–Kier alpha value is -2.22. The molecule has 25 heavy (non-hydrogen) atoms. The molecule has 0 unspecified atom stereocenters. The van der Waals surface area contributed by atoms with E-state index in [1.165, 1.54) is 11.1 Å². The lowest BCUT2D eigenvalue weighted by molar-refractivity contribution is -0.123. The normalized spacial score (nSPS) is 20.2. The molecule has 0 amide bonds. The van der Waals surface area contributed by atoms with Crippen LogP contribution in [0.2, 0.25) is 0 Å². The van der Waals surface area contributed by atoms with Crippen molar-refractivity contribution in [3.63, 3.8) is 0 Å². The van der Waals surface area contributed by atoms with Gasteiger partial charge in [-0.2, -0.15) is 0 Å². The summed E-state index contributed by atoms with van der Waals surface area (Å²) in [5.41, 5.74) is 4.44. The van der Waals surface area contributed by atoms with Crippen LogP contribution in [-0.2, 0) is 4.79 Å². The summed E-state index contributed by atoms with van der Waals surface area (Å²) in [4.78, 5) is 23.2. The molecule has 0 saturated heterocycles. The van der Waals surface area contributed by atoms with Gasteiger partial charge in [0.15, 0.2) is 5.78 Å². The van der Waals surface area contributed by atoms with Crippen molar-refractivity contribution >= 4 is 11.6 Å². The molecule has 0 bridgehead atoms. The number of benzene rings is 2. The van der Waals surface area contributed by atoms with Gasteiger partial charge in [-0.15, -0.1) is 0 Å². The smallest absolute Gasteiger partial charge is 0.159 e. The molecule has 1 fully saturated rings. The highest BCUT2D eigenvalue weighted by atomic mass is 16.1. The molecule has 2 aromatic rings. The predicted molar refractivity (Wildman–Crippen MR) is 102 cm³/mol. The Morgan fingerprint density at radius 1 is 0.840 bits per heavy atom. The second-order valence-electron chi connectivity index (χ2n) is 7.12. The third-order valence-electron chi connectivity index (χ3n) is 5.54. The van der Waals surface area contributed by atoms with Crippen LogP contribution in [-0.4, -0.2) is 11.6 Å². The molecule has 0 aliphatic heterocycles. The Balaban J connectivity index is 1.66. The molecule has 0 spiro atoms. The SMILES string of the molecule is CCC(=O)C1CCC(c2ccc(-c3ccc(C(C)=O)cc3)cc2)CC1. The molecule has 1 aliphatic carbocycles. The summed E-state index contributed by atoms with van der Waals surface area (Å²) in [6.45, 7) is 3.56. The lowest BCUT2D eigenvalue weighted by atomic mass is 9.76. The van der Waals surface area contributed by atoms with Crippen LogP contribution < -0.4 is 0 Å². The Morgan fingerprint density at radius 2 is 1.36 bits per heavy atom. The number of rotatable bonds is 5. The lowest BCUT2D eigenvalue weighted by Crippen LogP contribution is -2.20. The van der Waals surface area contributed by atoms with Gasteiger partial charge in [0.1, 0.15) is 5.78 Å². The second kappa shape index (κ2) is 7.77. The summed E-state index contributed by atoms with van der Waals surface area (Å²) in [7, 11) is 0. The first kappa shape index (κ1) is 17.6. The zero-order chi connectivity index (χ0) is 17.8. The maximum atomic E-state index is 11.9. The van der Waals surface area contributed by atoms with Crippen molar-refractivity contribution < 1.29 is 9.59 Å². The topological polar surface area (TPSA) is 34.1 Å². The van der Waals surface area contributed by atoms with Crippen LogP contribution >= 0.6 is 0 Å². The van der Waals surface area contributed by atoms with E-state index in [9.17, 15) is 9.59 Å². The fourth-order valence-corrected chi connectivity index (χ4v) is 3.88. The number of hydrogen-bond donors (Lipinski definition) is 0. The van der Waals surface area contributed by atoms with E-state index in [0.717, 1.165) is 36.8 Å². The fourth-order valence-electron chi connectivity index (χ4n) is 3.88. The summed E-state index contributed by atoms with van der Waals surface area (Å²) in [6.07, 6.45) is 4.97. The van der Waals surface area contributed by atoms with Crippen molar-refractivity contribution in [2.24, 2.45) is 5.92 Å². The molecule has 2 aromatic carbocycles. The van der Waals surface area contributed by atoms with Gasteiger partial charge in [-0.1, -0.05) is 55.5 Å². The van der Waals surface area contributed by atoms with Gasteiger partial charge in [0, 0.05) is 17.9 Å². The molecule has 0 atom stereocenters. The van der Waals surface area contributed by atoms with Crippen LogP contribution in [0.15, 0.2) is 48.5 Å². The monoisotopic (exact) mass is 334 g/mol. The minimum atomic E-state index is 0.0963. The highest BCUT2D eigenvalue weighted by Gasteiger charge is 2.25. The van der Waals surface area contributed by atoms with Gasteiger partial charge in [-0.05, 0) is 55.2 Å². The minimum Gasteiger partial charge on any atom is -0.299 e. The predicted octanol–water partition coefficient (Wildman–Crippen LogP) is 5.81. The summed E-state index contributed by atoms with van der Waals surface area (Å²) < 4.78 is 0. The minimum absolute atomic E-state index is 0.0963. The third-order valence-corrected chi connectivity index (χ3v) is 5.54. The largest absolute Gasteiger partial charge is 0.299 e. The van der Waals surface area contributed by atoms with Crippen molar-refractivity contribution in [1.29, 1.82) is 0 Å². The van der Waals surface area contributed by atoms with E-state index in [1.807, 2.05) is 31.2 Å². The first-order valence-corrected chi connectivity index (χ1v) is 9.32. The van der Waals surface area contributed by atoms with Crippen LogP contribution in [0, 0.1) is 5.92 Å². The zero-order valence-electron chi connectivity index (χ0n) is 15.1. The number of ketones is 2. The summed E-state index contributed by atoms with van der Waals surface area (Å²) in [5.74, 6) is 1.40. The average Bonchev–Trinajstić information content (AvgIpc) is 2.67. The van der Waals surface area contributed by atoms with Crippen LogP contribution in [0.5, 0.6) is 0 Å². The van der Waals surface area contributed by atoms with Crippen LogP contribution in [0.1, 0.15) is 67.8 Å². The van der Waals surface area contributed by atoms with Crippen molar-refractivity contribution in [3.8, 4) is 11.1 Å². The summed E-state index contributed by atoms with van der Waals surface area (Å²) in [5, 5.41) is 0. The molecule has 3 rings (SSSR count). The van der Waals surface area contributed by atoms with Gasteiger partial charge in [0.2, 0.25) is 0 Å². The Kier molecular flexibility index (Phi) is 5.47. The number of carbonyl (C=O) groups excluding carboxylic acids is 2. The number of Topliss-reactive ketones (excluding diaryl/α,β-unsaturated/α-hetero) is 2. The van der Waals surface area contributed by atoms with E-state index in [-0.39, 0.29) is 5.78 Å². The van der Waals surface area contributed by atoms with E-state index in [2.05, 4.69) is 24.3 Å². The van der Waals surface area contributed by atoms with Gasteiger partial charge in [0.25, 0.3) is 0 Å². The Morgan fingerprint density at radius 3 is 1.84 bits per heavy atom. The summed E-state index contributed by atoms with van der Waals surface area (Å²) >= 11 is 0. The molecule has 1 saturated carbocycles. The maximum Gasteiger partial charge on any atom is 0.159 e. The van der Waals surface area contributed by atoms with Crippen LogP contribution in [0.25, 0.3) is 11.1 Å². The molecule has 2 nitrogen and oxygen atoms in total. The van der Waals surface area contributed by atoms with Crippen LogP contribution in [0.4, 0.5) is 0 Å². The molecule has 0 N–H and O–H groups in total. The van der Waals surface area contributed by atoms with E-state index in [0.29, 0.717) is 24.0 Å². The average molecular weight is 334 g/mol. The van der Waals surface area contributed by atoms with Gasteiger partial charge >= 0.3 is 0 Å². The molecular formula is C23H26O2.